The molecule has 0 spiro atoms. The van der Waals surface area contributed by atoms with Crippen molar-refractivity contribution in [3.05, 3.63) is 0 Å². The van der Waals surface area contributed by atoms with Gasteiger partial charge in [-0.15, -0.1) is 0 Å². The van der Waals surface area contributed by atoms with Gasteiger partial charge in [-0.1, -0.05) is 25.7 Å². The Labute approximate surface area is 46.3 Å². The monoisotopic (exact) mass is 124 g/mol. The molecule has 1 rings (SSSR count). The largest absolute Gasteiger partial charge is 0.153 e. The SMILES string of the molecule is C1CCC1.P.P. The summed E-state index contributed by atoms with van der Waals surface area (Å²) in [7, 11) is 0. The predicted molar refractivity (Wildman–Crippen MR) is 40.7 cm³/mol. The van der Waals surface area contributed by atoms with Crippen LogP contribution in [0.1, 0.15) is 25.7 Å². The van der Waals surface area contributed by atoms with E-state index in [0.29, 0.717) is 0 Å². The van der Waals surface area contributed by atoms with Gasteiger partial charge in [0.25, 0.3) is 0 Å². The molecule has 0 amide bonds. The summed E-state index contributed by atoms with van der Waals surface area (Å²) < 4.78 is 0. The third-order valence-corrected chi connectivity index (χ3v) is 1.000. The Morgan fingerprint density at radius 2 is 0.667 bits per heavy atom. The van der Waals surface area contributed by atoms with Gasteiger partial charge in [0, 0.05) is 0 Å². The van der Waals surface area contributed by atoms with E-state index in [1.165, 1.54) is 25.7 Å². The highest BCUT2D eigenvalue weighted by molar-refractivity contribution is 6.92. The van der Waals surface area contributed by atoms with Gasteiger partial charge in [-0.25, -0.2) is 0 Å². The Morgan fingerprint density at radius 3 is 0.667 bits per heavy atom. The van der Waals surface area contributed by atoms with Crippen molar-refractivity contribution in [2.24, 2.45) is 0 Å². The molecular weight excluding hydrogens is 110 g/mol. The molecule has 2 atom stereocenters. The first kappa shape index (κ1) is 9.97. The van der Waals surface area contributed by atoms with Crippen molar-refractivity contribution < 1.29 is 0 Å². The highest BCUT2D eigenvalue weighted by Gasteiger charge is 1.95. The Hall–Kier alpha value is 0.860. The van der Waals surface area contributed by atoms with E-state index < -0.39 is 0 Å². The van der Waals surface area contributed by atoms with Gasteiger partial charge in [0.1, 0.15) is 0 Å². The number of hydrogen-bond donors (Lipinski definition) is 0. The van der Waals surface area contributed by atoms with E-state index in [4.69, 9.17) is 0 Å². The first-order chi connectivity index (χ1) is 2.00. The summed E-state index contributed by atoms with van der Waals surface area (Å²) in [5.74, 6) is 0. The zero-order valence-electron chi connectivity index (χ0n) is 4.24. The van der Waals surface area contributed by atoms with Crippen LogP contribution in [0.15, 0.2) is 0 Å². The Kier molecular flexibility index (Phi) is 9.74. The standard InChI is InChI=1S/C4H8.2H3P/c1-2-4-3-1;;/h1-4H2;2*1H3. The fourth-order valence-electron chi connectivity index (χ4n) is 0.250. The molecule has 0 nitrogen and oxygen atoms in total. The van der Waals surface area contributed by atoms with Gasteiger partial charge >= 0.3 is 0 Å². The Morgan fingerprint density at radius 1 is 0.500 bits per heavy atom. The fourth-order valence-corrected chi connectivity index (χ4v) is 0.250. The summed E-state index contributed by atoms with van der Waals surface area (Å²) in [5, 5.41) is 0. The van der Waals surface area contributed by atoms with E-state index in [-0.39, 0.29) is 19.8 Å². The van der Waals surface area contributed by atoms with E-state index >= 15 is 0 Å². The van der Waals surface area contributed by atoms with E-state index in [1.54, 1.807) is 0 Å². The zero-order chi connectivity index (χ0) is 2.83. The van der Waals surface area contributed by atoms with Crippen LogP contribution in [0.3, 0.4) is 0 Å². The molecule has 0 radical (unpaired) electrons. The van der Waals surface area contributed by atoms with Gasteiger partial charge in [-0.2, -0.15) is 19.8 Å². The summed E-state index contributed by atoms with van der Waals surface area (Å²) in [6.45, 7) is 0. The summed E-state index contributed by atoms with van der Waals surface area (Å²) in [6, 6.07) is 0. The van der Waals surface area contributed by atoms with Gasteiger partial charge < -0.3 is 0 Å². The van der Waals surface area contributed by atoms with Crippen LogP contribution in [0.4, 0.5) is 0 Å². The van der Waals surface area contributed by atoms with Crippen molar-refractivity contribution in [2.75, 3.05) is 0 Å². The highest BCUT2D eigenvalue weighted by Crippen LogP contribution is 2.15. The zero-order valence-corrected chi connectivity index (χ0v) is 7.07. The van der Waals surface area contributed by atoms with Crippen molar-refractivity contribution in [1.82, 2.24) is 0 Å². The van der Waals surface area contributed by atoms with E-state index in [0.717, 1.165) is 0 Å². The maximum Gasteiger partial charge on any atom is -0.0533 e. The second-order valence-corrected chi connectivity index (χ2v) is 1.41. The van der Waals surface area contributed by atoms with Crippen LogP contribution in [0, 0.1) is 0 Å². The molecule has 0 N–H and O–H groups in total. The van der Waals surface area contributed by atoms with Crippen molar-refractivity contribution >= 4 is 19.8 Å². The molecule has 40 valence electrons. The van der Waals surface area contributed by atoms with Gasteiger partial charge in [0.05, 0.1) is 0 Å². The van der Waals surface area contributed by atoms with Crippen molar-refractivity contribution in [2.45, 2.75) is 25.7 Å². The van der Waals surface area contributed by atoms with Crippen LogP contribution in [-0.4, -0.2) is 0 Å². The lowest BCUT2D eigenvalue weighted by Crippen LogP contribution is -1.85. The molecule has 6 heavy (non-hydrogen) atoms. The molecule has 0 aromatic heterocycles. The Bertz CT molecular complexity index is 13.5. The molecule has 1 aliphatic rings. The minimum atomic E-state index is 0. The third kappa shape index (κ3) is 3.07. The van der Waals surface area contributed by atoms with Gasteiger partial charge in [-0.3, -0.25) is 0 Å². The molecule has 1 aliphatic carbocycles. The lowest BCUT2D eigenvalue weighted by atomic mass is 10.0. The number of rotatable bonds is 0. The molecule has 1 saturated carbocycles. The van der Waals surface area contributed by atoms with Crippen molar-refractivity contribution in [3.8, 4) is 0 Å². The highest BCUT2D eigenvalue weighted by atomic mass is 31.0. The second-order valence-electron chi connectivity index (χ2n) is 1.41. The minimum Gasteiger partial charge on any atom is -0.153 e. The molecule has 0 heterocycles. The molecule has 1 fully saturated rings. The van der Waals surface area contributed by atoms with Gasteiger partial charge in [0.2, 0.25) is 0 Å². The minimum absolute atomic E-state index is 0. The molecule has 0 aliphatic heterocycles. The quantitative estimate of drug-likeness (QED) is 0.431. The fraction of sp³-hybridized carbons (Fsp3) is 1.00. The first-order valence-electron chi connectivity index (χ1n) is 2.00. The molecule has 2 heteroatoms. The molecule has 0 aromatic carbocycles. The molecule has 0 aromatic rings. The normalized spacial score (nSPS) is 16.0. The topological polar surface area (TPSA) is 0 Å². The summed E-state index contributed by atoms with van der Waals surface area (Å²) in [4.78, 5) is 0. The third-order valence-electron chi connectivity index (χ3n) is 1.000. The molecular formula is C4H14P2. The molecule has 2 unspecified atom stereocenters. The second kappa shape index (κ2) is 5.86. The number of hydrogen-bond acceptors (Lipinski definition) is 0. The smallest absolute Gasteiger partial charge is 0.0533 e. The van der Waals surface area contributed by atoms with E-state index in [1.807, 2.05) is 0 Å². The first-order valence-corrected chi connectivity index (χ1v) is 2.00. The predicted octanol–water partition coefficient (Wildman–Crippen LogP) is 1.68. The van der Waals surface area contributed by atoms with E-state index in [2.05, 4.69) is 0 Å². The lowest BCUT2D eigenvalue weighted by molar-refractivity contribution is 0.504. The van der Waals surface area contributed by atoms with Crippen LogP contribution >= 0.6 is 19.8 Å². The summed E-state index contributed by atoms with van der Waals surface area (Å²) in [6.07, 6.45) is 6.00. The lowest BCUT2D eigenvalue weighted by Gasteiger charge is -2.05. The van der Waals surface area contributed by atoms with Crippen LogP contribution in [-0.2, 0) is 0 Å². The van der Waals surface area contributed by atoms with Crippen LogP contribution in [0.5, 0.6) is 0 Å². The summed E-state index contributed by atoms with van der Waals surface area (Å²) in [5.41, 5.74) is 0. The van der Waals surface area contributed by atoms with Gasteiger partial charge in [0.15, 0.2) is 0 Å². The maximum atomic E-state index is 1.50. The maximum absolute atomic E-state index is 1.50. The van der Waals surface area contributed by atoms with Crippen molar-refractivity contribution in [3.63, 3.8) is 0 Å². The Balaban J connectivity index is 0. The van der Waals surface area contributed by atoms with Gasteiger partial charge in [-0.05, 0) is 0 Å². The average molecular weight is 124 g/mol. The average Bonchev–Trinajstić information content (AvgIpc) is 0.722. The molecule has 0 bridgehead atoms. The van der Waals surface area contributed by atoms with Crippen LogP contribution < -0.4 is 0 Å². The van der Waals surface area contributed by atoms with Crippen LogP contribution in [0.25, 0.3) is 0 Å². The summed E-state index contributed by atoms with van der Waals surface area (Å²) >= 11 is 0. The van der Waals surface area contributed by atoms with Crippen LogP contribution in [0.2, 0.25) is 0 Å². The molecule has 0 saturated heterocycles. The van der Waals surface area contributed by atoms with E-state index in [9.17, 15) is 0 Å². The van der Waals surface area contributed by atoms with Crippen molar-refractivity contribution in [1.29, 1.82) is 0 Å².